The van der Waals surface area contributed by atoms with Gasteiger partial charge in [-0.3, -0.25) is 0 Å². The lowest BCUT2D eigenvalue weighted by Crippen LogP contribution is -2.07. The summed E-state index contributed by atoms with van der Waals surface area (Å²) in [7, 11) is -5.34. The van der Waals surface area contributed by atoms with Crippen LogP contribution in [-0.2, 0) is 10.1 Å². The van der Waals surface area contributed by atoms with E-state index in [0.717, 1.165) is 29.7 Å². The average Bonchev–Trinajstić information content (AvgIpc) is 3.30. The molecule has 3 aromatic carbocycles. The Morgan fingerprint density at radius 2 is 1.31 bits per heavy atom. The molecule has 2 aliphatic rings. The highest BCUT2D eigenvalue weighted by molar-refractivity contribution is 8.37. The highest BCUT2D eigenvalue weighted by Gasteiger charge is 2.43. The first-order valence-electron chi connectivity index (χ1n) is 15.3. The Kier molecular flexibility index (Phi) is 13.9. The normalized spacial score (nSPS) is 18.0. The maximum atomic E-state index is 11.6. The molecule has 0 N–H and O–H groups in total. The van der Waals surface area contributed by atoms with Gasteiger partial charge < -0.3 is 8.92 Å². The third kappa shape index (κ3) is 8.11. The zero-order valence-corrected chi connectivity index (χ0v) is 28.6. The molecule has 0 amide bonds. The van der Waals surface area contributed by atoms with E-state index in [-0.39, 0.29) is 6.10 Å². The van der Waals surface area contributed by atoms with Crippen molar-refractivity contribution in [3.63, 3.8) is 0 Å². The Labute approximate surface area is 257 Å². The molecule has 0 radical (unpaired) electrons. The molecule has 42 heavy (non-hydrogen) atoms. The number of ether oxygens (including phenoxy) is 1. The average molecular weight is 611 g/mol. The monoisotopic (exact) mass is 610 g/mol. The van der Waals surface area contributed by atoms with Gasteiger partial charge in [-0.25, -0.2) is 0 Å². The van der Waals surface area contributed by atoms with Crippen molar-refractivity contribution in [2.24, 2.45) is 0 Å². The summed E-state index contributed by atoms with van der Waals surface area (Å²) >= 11 is 0. The highest BCUT2D eigenvalue weighted by Crippen LogP contribution is 2.79. The Balaban J connectivity index is 0.000000699. The standard InChI is InChI=1S/C28H28O4S2.C4H10.2C2H6/c1-20(2)31-21-12-16-23(17-13-21)34(24-18-14-22(15-19-24)32-33(3,29)30)27-10-6-4-8-25(27)26-9-5-7-11-28(26)34;1-3-4-2;2*1-2/h4,6-8,10-20H,5,9H2,1-3H3;3-4H2,1-2H3;2*1-2H3. The van der Waals surface area contributed by atoms with Gasteiger partial charge in [0.05, 0.1) is 12.4 Å². The third-order valence-electron chi connectivity index (χ3n) is 6.47. The Bertz CT molecular complexity index is 1420. The van der Waals surface area contributed by atoms with Crippen LogP contribution in [0.15, 0.2) is 105 Å². The fourth-order valence-electron chi connectivity index (χ4n) is 4.81. The lowest BCUT2D eigenvalue weighted by molar-refractivity contribution is 0.242. The van der Waals surface area contributed by atoms with Crippen LogP contribution in [0.3, 0.4) is 0 Å². The molecule has 0 saturated carbocycles. The van der Waals surface area contributed by atoms with Crippen LogP contribution in [0.5, 0.6) is 11.5 Å². The molecular weight excluding hydrogens is 561 g/mol. The number of benzene rings is 3. The van der Waals surface area contributed by atoms with E-state index in [1.165, 1.54) is 38.7 Å². The minimum absolute atomic E-state index is 0.109. The fraction of sp³-hybridized carbons (Fsp3) is 0.389. The van der Waals surface area contributed by atoms with Crippen molar-refractivity contribution in [1.29, 1.82) is 0 Å². The number of rotatable bonds is 7. The lowest BCUT2D eigenvalue weighted by Gasteiger charge is -2.40. The van der Waals surface area contributed by atoms with E-state index in [2.05, 4.69) is 74.5 Å². The van der Waals surface area contributed by atoms with Crippen molar-refractivity contribution in [3.05, 3.63) is 95.4 Å². The summed E-state index contributed by atoms with van der Waals surface area (Å²) in [5.41, 5.74) is 2.72. The molecule has 1 aliphatic heterocycles. The summed E-state index contributed by atoms with van der Waals surface area (Å²) in [5.74, 6) is 1.17. The summed E-state index contributed by atoms with van der Waals surface area (Å²) in [5, 5.41) is 0. The van der Waals surface area contributed by atoms with Crippen molar-refractivity contribution in [3.8, 4) is 11.5 Å². The number of hydrogen-bond acceptors (Lipinski definition) is 4. The summed E-state index contributed by atoms with van der Waals surface area (Å²) in [6.45, 7) is 16.4. The molecular formula is C36H50O4S2. The van der Waals surface area contributed by atoms with Gasteiger partial charge in [0, 0.05) is 19.6 Å². The molecule has 1 atom stereocenters. The molecule has 1 aliphatic carbocycles. The molecule has 0 bridgehead atoms. The second-order valence-electron chi connectivity index (χ2n) is 9.79. The highest BCUT2D eigenvalue weighted by atomic mass is 32.3. The van der Waals surface area contributed by atoms with Crippen LogP contribution < -0.4 is 8.92 Å². The van der Waals surface area contributed by atoms with Gasteiger partial charge in [-0.15, -0.1) is 10.0 Å². The SMILES string of the molecule is CC.CC.CC(C)Oc1ccc(S2(c3ccc(OS(C)(=O)=O)cc3)C3=C(CCC=C3)c3ccccc32)cc1.CCCC. The molecule has 3 aromatic rings. The van der Waals surface area contributed by atoms with E-state index < -0.39 is 20.1 Å². The van der Waals surface area contributed by atoms with Crippen molar-refractivity contribution in [2.75, 3.05) is 6.26 Å². The van der Waals surface area contributed by atoms with Crippen molar-refractivity contribution in [2.45, 2.75) is 102 Å². The van der Waals surface area contributed by atoms with Crippen LogP contribution in [0.25, 0.3) is 5.57 Å². The van der Waals surface area contributed by atoms with Gasteiger partial charge in [-0.1, -0.05) is 84.7 Å². The van der Waals surface area contributed by atoms with Crippen molar-refractivity contribution in [1.82, 2.24) is 0 Å². The number of unbranched alkanes of at least 4 members (excludes halogenated alkanes) is 1. The zero-order chi connectivity index (χ0) is 31.3. The molecule has 0 aromatic heterocycles. The van der Waals surface area contributed by atoms with Crippen LogP contribution in [-0.4, -0.2) is 20.8 Å². The van der Waals surface area contributed by atoms with Gasteiger partial charge in [-0.05, 0) is 92.4 Å². The Morgan fingerprint density at radius 1 is 0.786 bits per heavy atom. The van der Waals surface area contributed by atoms with Crippen LogP contribution in [0.2, 0.25) is 0 Å². The number of fused-ring (bicyclic) bond motifs is 2. The van der Waals surface area contributed by atoms with Crippen LogP contribution in [0.1, 0.15) is 86.6 Å². The number of allylic oxidation sites excluding steroid dienone is 3. The van der Waals surface area contributed by atoms with E-state index >= 15 is 0 Å². The Hall–Kier alpha value is -2.96. The Morgan fingerprint density at radius 3 is 1.81 bits per heavy atom. The molecule has 1 unspecified atom stereocenters. The van der Waals surface area contributed by atoms with E-state index in [1.807, 2.05) is 53.7 Å². The molecule has 0 saturated heterocycles. The van der Waals surface area contributed by atoms with Gasteiger partial charge in [-0.2, -0.15) is 8.42 Å². The van der Waals surface area contributed by atoms with Crippen molar-refractivity contribution < 1.29 is 17.3 Å². The topological polar surface area (TPSA) is 52.6 Å². The van der Waals surface area contributed by atoms with Crippen LogP contribution in [0, 0.1) is 0 Å². The largest absolute Gasteiger partial charge is 0.491 e. The van der Waals surface area contributed by atoms with Crippen LogP contribution in [0.4, 0.5) is 0 Å². The first-order valence-corrected chi connectivity index (χ1v) is 18.7. The first kappa shape index (κ1) is 35.2. The first-order chi connectivity index (χ1) is 20.2. The molecule has 6 heteroatoms. The number of hydrogen-bond donors (Lipinski definition) is 0. The summed E-state index contributed by atoms with van der Waals surface area (Å²) < 4.78 is 34.3. The maximum absolute atomic E-state index is 11.6. The van der Waals surface area contributed by atoms with Gasteiger partial charge >= 0.3 is 10.1 Å². The second kappa shape index (κ2) is 16.6. The van der Waals surface area contributed by atoms with Crippen molar-refractivity contribution >= 4 is 25.7 Å². The predicted molar refractivity (Wildman–Crippen MR) is 182 cm³/mol. The minimum atomic E-state index is -3.59. The predicted octanol–water partition coefficient (Wildman–Crippen LogP) is 11.0. The molecule has 4 nitrogen and oxygen atoms in total. The van der Waals surface area contributed by atoms with Gasteiger partial charge in [0.25, 0.3) is 0 Å². The van der Waals surface area contributed by atoms with Gasteiger partial charge in [0.15, 0.2) is 0 Å². The molecule has 5 rings (SSSR count). The van der Waals surface area contributed by atoms with Crippen LogP contribution >= 0.6 is 10.0 Å². The lowest BCUT2D eigenvalue weighted by atomic mass is 9.98. The maximum Gasteiger partial charge on any atom is 0.306 e. The second-order valence-corrected chi connectivity index (χ2v) is 14.4. The summed E-state index contributed by atoms with van der Waals surface area (Å²) in [4.78, 5) is 5.05. The molecule has 1 heterocycles. The van der Waals surface area contributed by atoms with Gasteiger partial charge in [0.2, 0.25) is 0 Å². The quantitative estimate of drug-likeness (QED) is 0.250. The molecule has 230 valence electrons. The van der Waals surface area contributed by atoms with E-state index in [4.69, 9.17) is 8.92 Å². The zero-order valence-electron chi connectivity index (χ0n) is 26.9. The van der Waals surface area contributed by atoms with Gasteiger partial charge in [0.1, 0.15) is 11.5 Å². The smallest absolute Gasteiger partial charge is 0.306 e. The van der Waals surface area contributed by atoms with E-state index in [9.17, 15) is 8.42 Å². The molecule has 0 spiro atoms. The fourth-order valence-corrected chi connectivity index (χ4v) is 9.57. The summed E-state index contributed by atoms with van der Waals surface area (Å²) in [6.07, 6.45) is 10.4. The van der Waals surface area contributed by atoms with E-state index in [1.54, 1.807) is 12.1 Å². The van der Waals surface area contributed by atoms with E-state index in [0.29, 0.717) is 5.75 Å². The summed E-state index contributed by atoms with van der Waals surface area (Å²) in [6, 6.07) is 24.7. The third-order valence-corrected chi connectivity index (χ3v) is 11.0. The minimum Gasteiger partial charge on any atom is -0.491 e. The molecule has 0 fully saturated rings.